The van der Waals surface area contributed by atoms with E-state index in [9.17, 15) is 19.2 Å². The van der Waals surface area contributed by atoms with Crippen LogP contribution < -0.4 is 10.6 Å². The maximum absolute atomic E-state index is 11.1. The molecule has 0 spiro atoms. The van der Waals surface area contributed by atoms with Gasteiger partial charge >= 0.3 is 11.9 Å². The van der Waals surface area contributed by atoms with E-state index in [-0.39, 0.29) is 0 Å². The molecule has 0 heterocycles. The van der Waals surface area contributed by atoms with Crippen molar-refractivity contribution in [3.8, 4) is 0 Å². The third kappa shape index (κ3) is 13.8. The smallest absolute Gasteiger partial charge is 0.328 e. The molecule has 0 radical (unpaired) electrons. The number of carbonyl (C=O) groups excluding carboxylic acids is 2. The van der Waals surface area contributed by atoms with E-state index in [0.717, 1.165) is 50.0 Å². The van der Waals surface area contributed by atoms with E-state index >= 15 is 0 Å². The lowest BCUT2D eigenvalue weighted by molar-refractivity contribution is -0.132. The molecule has 0 saturated heterocycles. The molecule has 0 aromatic carbocycles. The molecule has 0 aliphatic heterocycles. The van der Waals surface area contributed by atoms with E-state index in [1.807, 2.05) is 0 Å². The fourth-order valence-electron chi connectivity index (χ4n) is 1.44. The van der Waals surface area contributed by atoms with Gasteiger partial charge in [0.2, 0.25) is 11.8 Å². The molecular formula is C14H20N2O6. The first kappa shape index (κ1) is 19.4. The predicted molar refractivity (Wildman–Crippen MR) is 78.0 cm³/mol. The van der Waals surface area contributed by atoms with Gasteiger partial charge in [0.15, 0.2) is 0 Å². The van der Waals surface area contributed by atoms with Crippen LogP contribution in [0.3, 0.4) is 0 Å². The molecule has 8 nitrogen and oxygen atoms in total. The summed E-state index contributed by atoms with van der Waals surface area (Å²) in [4.78, 5) is 42.6. The number of amides is 2. The van der Waals surface area contributed by atoms with Crippen LogP contribution in [0.1, 0.15) is 25.7 Å². The SMILES string of the molecule is O=C(O)/C=C\C(=O)NCCCCCCNC(=O)/C=C\C(=O)O. The average Bonchev–Trinajstić information content (AvgIpc) is 2.45. The number of hydrogen-bond donors (Lipinski definition) is 4. The summed E-state index contributed by atoms with van der Waals surface area (Å²) < 4.78 is 0. The van der Waals surface area contributed by atoms with Crippen molar-refractivity contribution < 1.29 is 29.4 Å². The molecule has 122 valence electrons. The Kier molecular flexibility index (Phi) is 10.7. The third-order valence-corrected chi connectivity index (χ3v) is 2.46. The number of unbranched alkanes of at least 4 members (excludes halogenated alkanes) is 3. The van der Waals surface area contributed by atoms with Crippen LogP contribution in [-0.4, -0.2) is 47.1 Å². The summed E-state index contributed by atoms with van der Waals surface area (Å²) in [6, 6.07) is 0. The molecule has 2 amide bonds. The summed E-state index contributed by atoms with van der Waals surface area (Å²) in [7, 11) is 0. The first-order valence-electron chi connectivity index (χ1n) is 6.79. The second-order valence-electron chi connectivity index (χ2n) is 4.34. The summed E-state index contributed by atoms with van der Waals surface area (Å²) in [6.07, 6.45) is 6.67. The summed E-state index contributed by atoms with van der Waals surface area (Å²) in [5, 5.41) is 21.8. The highest BCUT2D eigenvalue weighted by molar-refractivity contribution is 5.94. The Morgan fingerprint density at radius 1 is 0.636 bits per heavy atom. The number of aliphatic carboxylic acids is 2. The zero-order valence-electron chi connectivity index (χ0n) is 12.1. The fourth-order valence-corrected chi connectivity index (χ4v) is 1.44. The molecule has 0 bridgehead atoms. The second kappa shape index (κ2) is 12.1. The molecule has 0 aromatic rings. The van der Waals surface area contributed by atoms with E-state index in [1.54, 1.807) is 0 Å². The van der Waals surface area contributed by atoms with Crippen LogP contribution in [0.15, 0.2) is 24.3 Å². The first-order chi connectivity index (χ1) is 10.4. The Bertz CT molecular complexity index is 414. The standard InChI is InChI=1S/C14H20N2O6/c17-11(5-7-13(19)20)15-9-3-1-2-4-10-16-12(18)6-8-14(21)22/h5-8H,1-4,9-10H2,(H,15,17)(H,16,18)(H,19,20)(H,21,22)/b7-5-,8-6-. The summed E-state index contributed by atoms with van der Waals surface area (Å²) >= 11 is 0. The van der Waals surface area contributed by atoms with E-state index in [0.29, 0.717) is 13.1 Å². The quantitative estimate of drug-likeness (QED) is 0.315. The molecule has 0 aromatic heterocycles. The van der Waals surface area contributed by atoms with E-state index in [1.165, 1.54) is 0 Å². The van der Waals surface area contributed by atoms with Gasteiger partial charge in [0.25, 0.3) is 0 Å². The third-order valence-electron chi connectivity index (χ3n) is 2.46. The van der Waals surface area contributed by atoms with Crippen LogP contribution in [0.5, 0.6) is 0 Å². The van der Waals surface area contributed by atoms with Crippen molar-refractivity contribution in [2.45, 2.75) is 25.7 Å². The molecule has 0 aliphatic carbocycles. The van der Waals surface area contributed by atoms with Crippen molar-refractivity contribution in [3.05, 3.63) is 24.3 Å². The zero-order chi connectivity index (χ0) is 16.8. The minimum Gasteiger partial charge on any atom is -0.478 e. The average molecular weight is 312 g/mol. The zero-order valence-corrected chi connectivity index (χ0v) is 12.1. The highest BCUT2D eigenvalue weighted by Crippen LogP contribution is 1.97. The van der Waals surface area contributed by atoms with Crippen LogP contribution in [0.2, 0.25) is 0 Å². The molecule has 0 aliphatic rings. The number of carbonyl (C=O) groups is 4. The van der Waals surface area contributed by atoms with E-state index in [2.05, 4.69) is 10.6 Å². The maximum atomic E-state index is 11.1. The number of rotatable bonds is 11. The number of carboxylic acid groups (broad SMARTS) is 2. The Morgan fingerprint density at radius 2 is 1.00 bits per heavy atom. The van der Waals surface area contributed by atoms with Gasteiger partial charge in [-0.25, -0.2) is 9.59 Å². The fraction of sp³-hybridized carbons (Fsp3) is 0.429. The van der Waals surface area contributed by atoms with Crippen LogP contribution in [0.25, 0.3) is 0 Å². The Hall–Kier alpha value is -2.64. The maximum Gasteiger partial charge on any atom is 0.328 e. The van der Waals surface area contributed by atoms with Crippen molar-refractivity contribution in [1.82, 2.24) is 10.6 Å². The van der Waals surface area contributed by atoms with Gasteiger partial charge in [0.05, 0.1) is 0 Å². The summed E-state index contributed by atoms with van der Waals surface area (Å²) in [5.41, 5.74) is 0. The predicted octanol–water partition coefficient (Wildman–Crippen LogP) is 0.0608. The Labute approximate surface area is 127 Å². The molecule has 0 rings (SSSR count). The molecule has 0 saturated carbocycles. The molecule has 0 fully saturated rings. The monoisotopic (exact) mass is 312 g/mol. The molecule has 8 heteroatoms. The van der Waals surface area contributed by atoms with Crippen LogP contribution in [0, 0.1) is 0 Å². The Balaban J connectivity index is 3.47. The summed E-state index contributed by atoms with van der Waals surface area (Å²) in [5.74, 6) is -3.23. The lowest BCUT2D eigenvalue weighted by Crippen LogP contribution is -2.23. The lowest BCUT2D eigenvalue weighted by Gasteiger charge is -2.03. The van der Waals surface area contributed by atoms with Gasteiger partial charge in [-0.1, -0.05) is 12.8 Å². The van der Waals surface area contributed by atoms with Crippen molar-refractivity contribution in [2.75, 3.05) is 13.1 Å². The summed E-state index contributed by atoms with van der Waals surface area (Å²) in [6.45, 7) is 0.910. The van der Waals surface area contributed by atoms with Crippen molar-refractivity contribution >= 4 is 23.8 Å². The van der Waals surface area contributed by atoms with Crippen LogP contribution in [0.4, 0.5) is 0 Å². The first-order valence-corrected chi connectivity index (χ1v) is 6.79. The molecule has 4 N–H and O–H groups in total. The van der Waals surface area contributed by atoms with Crippen molar-refractivity contribution in [2.24, 2.45) is 0 Å². The van der Waals surface area contributed by atoms with Gasteiger partial charge in [-0.05, 0) is 12.8 Å². The molecule has 0 atom stereocenters. The normalized spacial score (nSPS) is 10.7. The topological polar surface area (TPSA) is 133 Å². The highest BCUT2D eigenvalue weighted by atomic mass is 16.4. The molecule has 0 unspecified atom stereocenters. The van der Waals surface area contributed by atoms with E-state index < -0.39 is 23.8 Å². The number of carboxylic acids is 2. The van der Waals surface area contributed by atoms with Crippen molar-refractivity contribution in [3.63, 3.8) is 0 Å². The van der Waals surface area contributed by atoms with E-state index in [4.69, 9.17) is 10.2 Å². The van der Waals surface area contributed by atoms with Crippen LogP contribution in [-0.2, 0) is 19.2 Å². The van der Waals surface area contributed by atoms with Gasteiger partial charge in [-0.2, -0.15) is 0 Å². The minimum absolute atomic E-state index is 0.445. The lowest BCUT2D eigenvalue weighted by atomic mass is 10.2. The molecule has 22 heavy (non-hydrogen) atoms. The van der Waals surface area contributed by atoms with Crippen LogP contribution >= 0.6 is 0 Å². The van der Waals surface area contributed by atoms with Gasteiger partial charge in [0, 0.05) is 37.4 Å². The van der Waals surface area contributed by atoms with Crippen molar-refractivity contribution in [1.29, 1.82) is 0 Å². The van der Waals surface area contributed by atoms with Gasteiger partial charge in [-0.15, -0.1) is 0 Å². The highest BCUT2D eigenvalue weighted by Gasteiger charge is 1.98. The second-order valence-corrected chi connectivity index (χ2v) is 4.34. The van der Waals surface area contributed by atoms with Gasteiger partial charge < -0.3 is 20.8 Å². The Morgan fingerprint density at radius 3 is 1.32 bits per heavy atom. The number of nitrogens with one attached hydrogen (secondary N) is 2. The van der Waals surface area contributed by atoms with Gasteiger partial charge in [0.1, 0.15) is 0 Å². The van der Waals surface area contributed by atoms with Gasteiger partial charge in [-0.3, -0.25) is 9.59 Å². The number of hydrogen-bond acceptors (Lipinski definition) is 4. The largest absolute Gasteiger partial charge is 0.478 e. The minimum atomic E-state index is -1.17. The molecular weight excluding hydrogens is 292 g/mol.